The molecular weight excluding hydrogens is 248 g/mol. The lowest BCUT2D eigenvalue weighted by Crippen LogP contribution is -2.21. The van der Waals surface area contributed by atoms with Gasteiger partial charge in [-0.3, -0.25) is 0 Å². The van der Waals surface area contributed by atoms with Crippen LogP contribution >= 0.6 is 0 Å². The largest absolute Gasteiger partial charge is 0.574 e. The molecule has 17 heavy (non-hydrogen) atoms. The van der Waals surface area contributed by atoms with Crippen LogP contribution in [0.15, 0.2) is 6.07 Å². The normalized spacial score (nSPS) is 11.3. The number of aromatic nitrogens is 1. The molecule has 0 aliphatic rings. The molecule has 0 radical (unpaired) electrons. The molecule has 1 aromatic heterocycles. The van der Waals surface area contributed by atoms with E-state index in [0.717, 1.165) is 6.07 Å². The molecular formula is C8H6F4N2O3. The number of carboxylic acids is 1. The molecule has 3 N–H and O–H groups in total. The monoisotopic (exact) mass is 254 g/mol. The van der Waals surface area contributed by atoms with Crippen molar-refractivity contribution in [3.8, 4) is 5.88 Å². The summed E-state index contributed by atoms with van der Waals surface area (Å²) in [5.41, 5.74) is 3.22. The molecule has 0 aromatic carbocycles. The fraction of sp³-hybridized carbons (Fsp3) is 0.250. The number of hydrogen-bond donors (Lipinski definition) is 2. The number of carboxylic acid groups (broad SMARTS) is 1. The number of nitrogen functional groups attached to an aromatic ring is 1. The van der Waals surface area contributed by atoms with E-state index in [1.807, 2.05) is 0 Å². The lowest BCUT2D eigenvalue weighted by atomic mass is 10.2. The standard InChI is InChI=1S/C8H6F4N2O3/c9-2-3-1-4(13)5(7(15)16)6(14-3)17-8(10,11)12/h1H,2H2,(H2,13,14)(H,15,16). The van der Waals surface area contributed by atoms with E-state index < -0.39 is 41.8 Å². The highest BCUT2D eigenvalue weighted by Crippen LogP contribution is 2.29. The minimum atomic E-state index is -5.14. The number of pyridine rings is 1. The number of nitrogens with zero attached hydrogens (tertiary/aromatic N) is 1. The van der Waals surface area contributed by atoms with Gasteiger partial charge in [0, 0.05) is 0 Å². The average Bonchev–Trinajstić information content (AvgIpc) is 2.13. The van der Waals surface area contributed by atoms with E-state index in [2.05, 4.69) is 9.72 Å². The van der Waals surface area contributed by atoms with E-state index in [1.54, 1.807) is 0 Å². The molecule has 0 aliphatic carbocycles. The highest BCUT2D eigenvalue weighted by atomic mass is 19.4. The van der Waals surface area contributed by atoms with Crippen LogP contribution in [0.1, 0.15) is 16.1 Å². The second-order valence-electron chi connectivity index (χ2n) is 2.87. The molecule has 1 heterocycles. The first kappa shape index (κ1) is 13.0. The second-order valence-corrected chi connectivity index (χ2v) is 2.87. The topological polar surface area (TPSA) is 85.4 Å². The first-order valence-corrected chi connectivity index (χ1v) is 4.09. The van der Waals surface area contributed by atoms with Gasteiger partial charge in [-0.2, -0.15) is 0 Å². The third kappa shape index (κ3) is 3.20. The molecule has 0 spiro atoms. The summed E-state index contributed by atoms with van der Waals surface area (Å²) in [4.78, 5) is 13.7. The van der Waals surface area contributed by atoms with Gasteiger partial charge in [0.1, 0.15) is 12.2 Å². The van der Waals surface area contributed by atoms with Crippen LogP contribution in [0.2, 0.25) is 0 Å². The molecule has 0 fully saturated rings. The predicted octanol–water partition coefficient (Wildman–Crippen LogP) is 1.73. The van der Waals surface area contributed by atoms with Gasteiger partial charge in [-0.15, -0.1) is 13.2 Å². The van der Waals surface area contributed by atoms with Gasteiger partial charge in [-0.05, 0) is 6.07 Å². The van der Waals surface area contributed by atoms with E-state index in [9.17, 15) is 22.4 Å². The second kappa shape index (κ2) is 4.44. The van der Waals surface area contributed by atoms with Crippen molar-refractivity contribution in [2.24, 2.45) is 0 Å². The summed E-state index contributed by atoms with van der Waals surface area (Å²) in [5, 5.41) is 8.65. The van der Waals surface area contributed by atoms with Crippen LogP contribution < -0.4 is 10.5 Å². The number of nitrogens with two attached hydrogens (primary N) is 1. The molecule has 0 saturated carbocycles. The zero-order valence-electron chi connectivity index (χ0n) is 8.08. The van der Waals surface area contributed by atoms with Crippen LogP contribution in [0.4, 0.5) is 23.2 Å². The van der Waals surface area contributed by atoms with Crippen LogP contribution in [0, 0.1) is 0 Å². The number of halogens is 4. The zero-order chi connectivity index (χ0) is 13.2. The maximum atomic E-state index is 12.2. The van der Waals surface area contributed by atoms with Gasteiger partial charge >= 0.3 is 12.3 Å². The van der Waals surface area contributed by atoms with Crippen LogP contribution in [0.3, 0.4) is 0 Å². The van der Waals surface area contributed by atoms with Crippen LogP contribution in [0.25, 0.3) is 0 Å². The van der Waals surface area contributed by atoms with Gasteiger partial charge in [0.25, 0.3) is 0 Å². The Labute approximate surface area is 91.8 Å². The van der Waals surface area contributed by atoms with E-state index >= 15 is 0 Å². The molecule has 0 atom stereocenters. The minimum Gasteiger partial charge on any atom is -0.477 e. The van der Waals surface area contributed by atoms with E-state index in [1.165, 1.54) is 0 Å². The Hall–Kier alpha value is -2.06. The third-order valence-corrected chi connectivity index (χ3v) is 1.63. The molecule has 0 saturated heterocycles. The smallest absolute Gasteiger partial charge is 0.477 e. The lowest BCUT2D eigenvalue weighted by Gasteiger charge is -2.12. The molecule has 5 nitrogen and oxygen atoms in total. The highest BCUT2D eigenvalue weighted by Gasteiger charge is 2.35. The molecule has 0 amide bonds. The van der Waals surface area contributed by atoms with Crippen LogP contribution in [-0.2, 0) is 6.67 Å². The van der Waals surface area contributed by atoms with Crippen molar-refractivity contribution in [2.75, 3.05) is 5.73 Å². The average molecular weight is 254 g/mol. The van der Waals surface area contributed by atoms with Gasteiger partial charge in [0.15, 0.2) is 0 Å². The number of hydrogen-bond acceptors (Lipinski definition) is 4. The van der Waals surface area contributed by atoms with E-state index in [-0.39, 0.29) is 0 Å². The van der Waals surface area contributed by atoms with Crippen LogP contribution in [-0.4, -0.2) is 22.4 Å². The molecule has 9 heteroatoms. The van der Waals surface area contributed by atoms with E-state index in [4.69, 9.17) is 10.8 Å². The number of alkyl halides is 4. The van der Waals surface area contributed by atoms with Crippen molar-refractivity contribution in [3.05, 3.63) is 17.3 Å². The van der Waals surface area contributed by atoms with Crippen molar-refractivity contribution in [1.82, 2.24) is 4.98 Å². The van der Waals surface area contributed by atoms with Gasteiger partial charge in [0.2, 0.25) is 5.88 Å². The molecule has 94 valence electrons. The third-order valence-electron chi connectivity index (χ3n) is 1.63. The Morgan fingerprint density at radius 1 is 1.53 bits per heavy atom. The van der Waals surface area contributed by atoms with Crippen molar-refractivity contribution in [1.29, 1.82) is 0 Å². The quantitative estimate of drug-likeness (QED) is 0.802. The summed E-state index contributed by atoms with van der Waals surface area (Å²) >= 11 is 0. The Bertz CT molecular complexity index is 447. The molecule has 0 unspecified atom stereocenters. The van der Waals surface area contributed by atoms with Gasteiger partial charge in [-0.1, -0.05) is 0 Å². The SMILES string of the molecule is Nc1cc(CF)nc(OC(F)(F)F)c1C(=O)O. The number of carbonyl (C=O) groups is 1. The summed E-state index contributed by atoms with van der Waals surface area (Å²) in [7, 11) is 0. The maximum absolute atomic E-state index is 12.2. The Kier molecular flexibility index (Phi) is 3.39. The van der Waals surface area contributed by atoms with Crippen molar-refractivity contribution >= 4 is 11.7 Å². The van der Waals surface area contributed by atoms with Crippen molar-refractivity contribution < 1.29 is 32.2 Å². The molecule has 1 aromatic rings. The number of ether oxygens (including phenoxy) is 1. The van der Waals surface area contributed by atoms with Crippen LogP contribution in [0.5, 0.6) is 5.88 Å². The summed E-state index contributed by atoms with van der Waals surface area (Å²) in [5.74, 6) is -3.03. The Morgan fingerprint density at radius 3 is 2.53 bits per heavy atom. The first-order chi connectivity index (χ1) is 7.74. The summed E-state index contributed by atoms with van der Waals surface area (Å²) < 4.78 is 51.5. The summed E-state index contributed by atoms with van der Waals surface area (Å²) in [6, 6.07) is 0.826. The van der Waals surface area contributed by atoms with Crippen molar-refractivity contribution in [2.45, 2.75) is 13.0 Å². The highest BCUT2D eigenvalue weighted by molar-refractivity contribution is 5.96. The Morgan fingerprint density at radius 2 is 2.12 bits per heavy atom. The molecule has 1 rings (SSSR count). The number of aromatic carboxylic acids is 1. The fourth-order valence-electron chi connectivity index (χ4n) is 1.06. The number of anilines is 1. The Balaban J connectivity index is 3.32. The van der Waals surface area contributed by atoms with E-state index in [0.29, 0.717) is 0 Å². The predicted molar refractivity (Wildman–Crippen MR) is 47.1 cm³/mol. The maximum Gasteiger partial charge on any atom is 0.574 e. The minimum absolute atomic E-state index is 0.452. The summed E-state index contributed by atoms with van der Waals surface area (Å²) in [6.07, 6.45) is -5.14. The molecule has 0 aliphatic heterocycles. The summed E-state index contributed by atoms with van der Waals surface area (Å²) in [6.45, 7) is -1.20. The zero-order valence-corrected chi connectivity index (χ0v) is 8.08. The number of rotatable bonds is 3. The van der Waals surface area contributed by atoms with Crippen molar-refractivity contribution in [3.63, 3.8) is 0 Å². The molecule has 0 bridgehead atoms. The van der Waals surface area contributed by atoms with Gasteiger partial charge < -0.3 is 15.6 Å². The van der Waals surface area contributed by atoms with Gasteiger partial charge in [-0.25, -0.2) is 14.2 Å². The first-order valence-electron chi connectivity index (χ1n) is 4.09. The lowest BCUT2D eigenvalue weighted by molar-refractivity contribution is -0.276. The van der Waals surface area contributed by atoms with Gasteiger partial charge in [0.05, 0.1) is 11.4 Å². The fourth-order valence-corrected chi connectivity index (χ4v) is 1.06.